The van der Waals surface area contributed by atoms with Crippen molar-refractivity contribution in [2.24, 2.45) is 0 Å². The van der Waals surface area contributed by atoms with Crippen molar-refractivity contribution in [1.82, 2.24) is 5.32 Å². The van der Waals surface area contributed by atoms with E-state index in [1.807, 2.05) is 0 Å². The number of rotatable bonds is 5. The molecule has 0 heterocycles. The van der Waals surface area contributed by atoms with Gasteiger partial charge in [0, 0.05) is 16.6 Å². The Labute approximate surface area is 130 Å². The molecule has 0 radical (unpaired) electrons. The number of halogens is 1. The first-order valence-electron chi connectivity index (χ1n) is 7.19. The van der Waals surface area contributed by atoms with E-state index >= 15 is 0 Å². The van der Waals surface area contributed by atoms with E-state index in [9.17, 15) is 0 Å². The summed E-state index contributed by atoms with van der Waals surface area (Å²) in [5, 5.41) is 3.73. The van der Waals surface area contributed by atoms with Crippen LogP contribution in [0.25, 0.3) is 0 Å². The summed E-state index contributed by atoms with van der Waals surface area (Å²) >= 11 is 3.63. The number of hydrogen-bond donors (Lipinski definition) is 1. The van der Waals surface area contributed by atoms with Gasteiger partial charge in [0.25, 0.3) is 0 Å². The van der Waals surface area contributed by atoms with Crippen LogP contribution in [0, 0.1) is 6.92 Å². The van der Waals surface area contributed by atoms with Crippen LogP contribution < -0.4 is 5.32 Å². The summed E-state index contributed by atoms with van der Waals surface area (Å²) in [6.45, 7) is 6.57. The first-order valence-corrected chi connectivity index (χ1v) is 7.98. The minimum atomic E-state index is 0.317. The van der Waals surface area contributed by atoms with Crippen molar-refractivity contribution in [3.8, 4) is 0 Å². The Hall–Kier alpha value is -1.12. The van der Waals surface area contributed by atoms with Gasteiger partial charge in [-0.2, -0.15) is 0 Å². The fourth-order valence-corrected chi connectivity index (χ4v) is 3.09. The van der Waals surface area contributed by atoms with Gasteiger partial charge in [0.15, 0.2) is 0 Å². The quantitative estimate of drug-likeness (QED) is 0.756. The van der Waals surface area contributed by atoms with Crippen molar-refractivity contribution in [3.63, 3.8) is 0 Å². The third-order valence-corrected chi connectivity index (χ3v) is 4.43. The summed E-state index contributed by atoms with van der Waals surface area (Å²) in [4.78, 5) is 0. The average Bonchev–Trinajstić information content (AvgIpc) is 2.46. The molecule has 2 aromatic carbocycles. The molecule has 2 aromatic rings. The highest BCUT2D eigenvalue weighted by atomic mass is 79.9. The predicted octanol–water partition coefficient (Wildman–Crippen LogP) is 5.56. The summed E-state index contributed by atoms with van der Waals surface area (Å²) in [5.41, 5.74) is 3.97. The highest BCUT2D eigenvalue weighted by Crippen LogP contribution is 2.26. The van der Waals surface area contributed by atoms with Crippen LogP contribution in [0.3, 0.4) is 0 Å². The molecule has 2 rings (SSSR count). The first-order chi connectivity index (χ1) is 9.61. The Bertz CT molecular complexity index is 548. The van der Waals surface area contributed by atoms with Gasteiger partial charge in [0.1, 0.15) is 0 Å². The second-order valence-corrected chi connectivity index (χ2v) is 6.14. The van der Waals surface area contributed by atoms with E-state index in [4.69, 9.17) is 0 Å². The van der Waals surface area contributed by atoms with Gasteiger partial charge >= 0.3 is 0 Å². The first kappa shape index (κ1) is 15.3. The van der Waals surface area contributed by atoms with Gasteiger partial charge in [-0.15, -0.1) is 0 Å². The minimum absolute atomic E-state index is 0.317. The van der Waals surface area contributed by atoms with E-state index in [0.29, 0.717) is 12.1 Å². The predicted molar refractivity (Wildman–Crippen MR) is 89.9 cm³/mol. The fraction of sp³-hybridized carbons (Fsp3) is 0.333. The van der Waals surface area contributed by atoms with Crippen molar-refractivity contribution in [2.45, 2.75) is 39.3 Å². The summed E-state index contributed by atoms with van der Waals surface area (Å²) < 4.78 is 1.17. The summed E-state index contributed by atoms with van der Waals surface area (Å²) in [6, 6.07) is 17.9. The van der Waals surface area contributed by atoms with Crippen LogP contribution in [-0.2, 0) is 0 Å². The molecule has 1 N–H and O–H groups in total. The lowest BCUT2D eigenvalue weighted by atomic mass is 10.0. The molecule has 0 aromatic heterocycles. The molecular weight excluding hydrogens is 310 g/mol. The van der Waals surface area contributed by atoms with Crippen LogP contribution in [0.15, 0.2) is 53.0 Å². The van der Waals surface area contributed by atoms with Gasteiger partial charge in [-0.3, -0.25) is 0 Å². The lowest BCUT2D eigenvalue weighted by molar-refractivity contribution is 0.455. The molecule has 0 aliphatic rings. The number of aryl methyl sites for hydroxylation is 1. The molecule has 0 amide bonds. The Balaban J connectivity index is 2.14. The normalized spacial score (nSPS) is 14.0. The number of nitrogens with one attached hydrogen (secondary N) is 1. The molecule has 0 saturated heterocycles. The van der Waals surface area contributed by atoms with Gasteiger partial charge in [-0.1, -0.05) is 70.9 Å². The van der Waals surface area contributed by atoms with Crippen LogP contribution in [0.4, 0.5) is 0 Å². The van der Waals surface area contributed by atoms with Crippen molar-refractivity contribution in [2.75, 3.05) is 0 Å². The van der Waals surface area contributed by atoms with Gasteiger partial charge in [-0.25, -0.2) is 0 Å². The maximum Gasteiger partial charge on any atom is 0.0323 e. The Kier molecular flexibility index (Phi) is 5.38. The van der Waals surface area contributed by atoms with E-state index in [1.54, 1.807) is 0 Å². The maximum atomic E-state index is 3.73. The summed E-state index contributed by atoms with van der Waals surface area (Å²) in [7, 11) is 0. The van der Waals surface area contributed by atoms with Gasteiger partial charge < -0.3 is 5.32 Å². The zero-order valence-corrected chi connectivity index (χ0v) is 13.9. The van der Waals surface area contributed by atoms with E-state index in [0.717, 1.165) is 6.42 Å². The largest absolute Gasteiger partial charge is 0.303 e. The van der Waals surface area contributed by atoms with Crippen LogP contribution >= 0.6 is 15.9 Å². The van der Waals surface area contributed by atoms with Gasteiger partial charge in [-0.05, 0) is 37.5 Å². The van der Waals surface area contributed by atoms with Crippen molar-refractivity contribution in [3.05, 3.63) is 69.7 Å². The molecule has 0 fully saturated rings. The SMILES string of the molecule is CCC(NC(C)c1ccccc1Br)c1ccc(C)cc1. The molecule has 2 unspecified atom stereocenters. The van der Waals surface area contributed by atoms with E-state index < -0.39 is 0 Å². The molecular formula is C18H22BrN. The van der Waals surface area contributed by atoms with Crippen LogP contribution in [0.1, 0.15) is 49.0 Å². The Morgan fingerprint density at radius 1 is 1.05 bits per heavy atom. The van der Waals surface area contributed by atoms with E-state index in [1.165, 1.54) is 21.2 Å². The van der Waals surface area contributed by atoms with Crippen LogP contribution in [0.2, 0.25) is 0 Å². The molecule has 0 bridgehead atoms. The summed E-state index contributed by atoms with van der Waals surface area (Å²) in [5.74, 6) is 0. The van der Waals surface area contributed by atoms with Crippen molar-refractivity contribution < 1.29 is 0 Å². The smallest absolute Gasteiger partial charge is 0.0323 e. The third kappa shape index (κ3) is 3.71. The van der Waals surface area contributed by atoms with Gasteiger partial charge in [0.05, 0.1) is 0 Å². The lowest BCUT2D eigenvalue weighted by Crippen LogP contribution is -2.24. The molecule has 2 heteroatoms. The Morgan fingerprint density at radius 3 is 2.30 bits per heavy atom. The highest BCUT2D eigenvalue weighted by Gasteiger charge is 2.15. The zero-order valence-electron chi connectivity index (χ0n) is 12.4. The van der Waals surface area contributed by atoms with Crippen molar-refractivity contribution >= 4 is 15.9 Å². The fourth-order valence-electron chi connectivity index (χ4n) is 2.47. The van der Waals surface area contributed by atoms with Crippen LogP contribution in [0.5, 0.6) is 0 Å². The molecule has 0 spiro atoms. The number of benzene rings is 2. The highest BCUT2D eigenvalue weighted by molar-refractivity contribution is 9.10. The zero-order chi connectivity index (χ0) is 14.5. The Morgan fingerprint density at radius 2 is 1.70 bits per heavy atom. The lowest BCUT2D eigenvalue weighted by Gasteiger charge is -2.24. The second-order valence-electron chi connectivity index (χ2n) is 5.28. The summed E-state index contributed by atoms with van der Waals surface area (Å²) in [6.07, 6.45) is 1.08. The molecule has 20 heavy (non-hydrogen) atoms. The molecule has 0 aliphatic carbocycles. The molecule has 0 aliphatic heterocycles. The van der Waals surface area contributed by atoms with Crippen molar-refractivity contribution in [1.29, 1.82) is 0 Å². The number of hydrogen-bond acceptors (Lipinski definition) is 1. The standard InChI is InChI=1S/C18H22BrN/c1-4-18(15-11-9-13(2)10-12-15)20-14(3)16-7-5-6-8-17(16)19/h5-12,14,18,20H,4H2,1-3H3. The molecule has 106 valence electrons. The molecule has 0 saturated carbocycles. The maximum absolute atomic E-state index is 3.73. The van der Waals surface area contributed by atoms with E-state index in [2.05, 4.69) is 90.5 Å². The van der Waals surface area contributed by atoms with Gasteiger partial charge in [0.2, 0.25) is 0 Å². The molecule has 1 nitrogen and oxygen atoms in total. The average molecular weight is 332 g/mol. The van der Waals surface area contributed by atoms with Crippen LogP contribution in [-0.4, -0.2) is 0 Å². The molecule has 2 atom stereocenters. The van der Waals surface area contributed by atoms with E-state index in [-0.39, 0.29) is 0 Å². The third-order valence-electron chi connectivity index (χ3n) is 3.71. The topological polar surface area (TPSA) is 12.0 Å². The second kappa shape index (κ2) is 7.05. The monoisotopic (exact) mass is 331 g/mol. The minimum Gasteiger partial charge on any atom is -0.303 e.